The fourth-order valence-corrected chi connectivity index (χ4v) is 3.06. The van der Waals surface area contributed by atoms with Gasteiger partial charge in [-0.05, 0) is 37.6 Å². The van der Waals surface area contributed by atoms with Crippen molar-refractivity contribution in [3.8, 4) is 0 Å². The van der Waals surface area contributed by atoms with E-state index in [1.54, 1.807) is 36.4 Å². The van der Waals surface area contributed by atoms with E-state index >= 15 is 0 Å². The van der Waals surface area contributed by atoms with Crippen molar-refractivity contribution < 1.29 is 9.59 Å². The van der Waals surface area contributed by atoms with E-state index in [1.807, 2.05) is 6.92 Å². The zero-order valence-electron chi connectivity index (χ0n) is 14.0. The smallest absolute Gasteiger partial charge is 0.265 e. The second-order valence-electron chi connectivity index (χ2n) is 5.72. The van der Waals surface area contributed by atoms with Crippen LogP contribution < -0.4 is 16.4 Å². The fraction of sp³-hybridized carbons (Fsp3) is 0.333. The van der Waals surface area contributed by atoms with Crippen LogP contribution in [0.1, 0.15) is 52.5 Å². The summed E-state index contributed by atoms with van der Waals surface area (Å²) in [6, 6.07) is 10.5. The summed E-state index contributed by atoms with van der Waals surface area (Å²) in [5.74, 6) is -0.405. The van der Waals surface area contributed by atoms with Crippen molar-refractivity contribution in [2.75, 3.05) is 11.1 Å². The van der Waals surface area contributed by atoms with Gasteiger partial charge in [0.05, 0.1) is 21.1 Å². The molecule has 6 heteroatoms. The Morgan fingerprint density at radius 2 is 1.79 bits per heavy atom. The first kappa shape index (κ1) is 18.0. The Morgan fingerprint density at radius 3 is 2.46 bits per heavy atom. The van der Waals surface area contributed by atoms with E-state index in [2.05, 4.69) is 17.6 Å². The lowest BCUT2D eigenvalue weighted by molar-refractivity contribution is 0.0941. The van der Waals surface area contributed by atoms with Gasteiger partial charge in [-0.25, -0.2) is 0 Å². The van der Waals surface area contributed by atoms with E-state index in [-0.39, 0.29) is 17.9 Å². The first-order chi connectivity index (χ1) is 11.5. The van der Waals surface area contributed by atoms with Gasteiger partial charge in [0.2, 0.25) is 0 Å². The average molecular weight is 345 g/mol. The Hall–Kier alpha value is -2.34. The van der Waals surface area contributed by atoms with Crippen molar-refractivity contribution in [2.45, 2.75) is 39.2 Å². The number of nitrogen functional groups attached to an aromatic ring is 1. The molecule has 4 N–H and O–H groups in total. The van der Waals surface area contributed by atoms with Gasteiger partial charge in [0, 0.05) is 6.04 Å². The minimum atomic E-state index is -0.268. The number of rotatable bonds is 7. The minimum absolute atomic E-state index is 0.126. The predicted molar refractivity (Wildman–Crippen MR) is 99.6 cm³/mol. The maximum Gasteiger partial charge on any atom is 0.265 e. The molecule has 1 unspecified atom stereocenters. The topological polar surface area (TPSA) is 84.2 Å². The largest absolute Gasteiger partial charge is 0.397 e. The molecule has 0 fully saturated rings. The van der Waals surface area contributed by atoms with Crippen LogP contribution in [0.2, 0.25) is 0 Å². The zero-order chi connectivity index (χ0) is 17.5. The van der Waals surface area contributed by atoms with Crippen LogP contribution in [0.4, 0.5) is 11.4 Å². The summed E-state index contributed by atoms with van der Waals surface area (Å²) in [6.07, 6.45) is 3.14. The quantitative estimate of drug-likeness (QED) is 0.666. The number of para-hydroxylation sites is 2. The number of carbonyl (C=O) groups excluding carboxylic acids is 2. The van der Waals surface area contributed by atoms with Crippen molar-refractivity contribution in [3.05, 3.63) is 46.2 Å². The van der Waals surface area contributed by atoms with Crippen LogP contribution in [0.3, 0.4) is 0 Å². The highest BCUT2D eigenvalue weighted by Gasteiger charge is 2.16. The highest BCUT2D eigenvalue weighted by molar-refractivity contribution is 7.16. The van der Waals surface area contributed by atoms with Crippen LogP contribution in [-0.2, 0) is 0 Å². The maximum absolute atomic E-state index is 12.3. The zero-order valence-corrected chi connectivity index (χ0v) is 14.8. The predicted octanol–water partition coefficient (Wildman–Crippen LogP) is 3.89. The third-order valence-corrected chi connectivity index (χ3v) is 4.71. The molecule has 2 amide bonds. The number of unbranched alkanes of at least 4 members (excludes halogenated alkanes) is 1. The number of hydrogen-bond acceptors (Lipinski definition) is 4. The Kier molecular flexibility index (Phi) is 6.37. The van der Waals surface area contributed by atoms with E-state index < -0.39 is 0 Å². The summed E-state index contributed by atoms with van der Waals surface area (Å²) in [6.45, 7) is 4.12. The van der Waals surface area contributed by atoms with Crippen molar-refractivity contribution in [1.82, 2.24) is 5.32 Å². The molecule has 1 aromatic heterocycles. The fourth-order valence-electron chi connectivity index (χ4n) is 2.25. The van der Waals surface area contributed by atoms with E-state index in [0.717, 1.165) is 19.3 Å². The summed E-state index contributed by atoms with van der Waals surface area (Å²) in [7, 11) is 0. The van der Waals surface area contributed by atoms with E-state index in [9.17, 15) is 9.59 Å². The summed E-state index contributed by atoms with van der Waals surface area (Å²) in [5.41, 5.74) is 6.89. The van der Waals surface area contributed by atoms with Crippen molar-refractivity contribution in [2.24, 2.45) is 0 Å². The Bertz CT molecular complexity index is 712. The molecule has 2 aromatic rings. The first-order valence-electron chi connectivity index (χ1n) is 8.07. The number of thiophene rings is 1. The van der Waals surface area contributed by atoms with Gasteiger partial charge in [-0.1, -0.05) is 31.9 Å². The molecule has 1 heterocycles. The van der Waals surface area contributed by atoms with Crippen molar-refractivity contribution in [3.63, 3.8) is 0 Å². The molecule has 0 aliphatic rings. The molecule has 0 saturated heterocycles. The van der Waals surface area contributed by atoms with E-state index in [4.69, 9.17) is 5.73 Å². The van der Waals surface area contributed by atoms with Gasteiger partial charge in [0.25, 0.3) is 11.8 Å². The number of benzene rings is 1. The molecule has 0 aliphatic heterocycles. The third kappa shape index (κ3) is 4.83. The number of hydrogen-bond donors (Lipinski definition) is 3. The molecule has 5 nitrogen and oxygen atoms in total. The first-order valence-corrected chi connectivity index (χ1v) is 8.89. The molecular weight excluding hydrogens is 322 g/mol. The van der Waals surface area contributed by atoms with Gasteiger partial charge in [-0.2, -0.15) is 0 Å². The normalized spacial score (nSPS) is 11.8. The summed E-state index contributed by atoms with van der Waals surface area (Å²) < 4.78 is 0. The number of carbonyl (C=O) groups is 2. The number of nitrogens with one attached hydrogen (secondary N) is 2. The van der Waals surface area contributed by atoms with Crippen molar-refractivity contribution >= 4 is 34.5 Å². The highest BCUT2D eigenvalue weighted by atomic mass is 32.1. The lowest BCUT2D eigenvalue weighted by Crippen LogP contribution is -2.31. The molecule has 0 saturated carbocycles. The second-order valence-corrected chi connectivity index (χ2v) is 6.81. The highest BCUT2D eigenvalue weighted by Crippen LogP contribution is 2.21. The molecule has 24 heavy (non-hydrogen) atoms. The van der Waals surface area contributed by atoms with Gasteiger partial charge >= 0.3 is 0 Å². The molecule has 128 valence electrons. The van der Waals surface area contributed by atoms with Crippen LogP contribution in [0.15, 0.2) is 36.4 Å². The SMILES string of the molecule is CCCCC(C)NC(=O)c1ccc(C(=O)Nc2ccccc2N)s1. The minimum Gasteiger partial charge on any atom is -0.397 e. The second kappa shape index (κ2) is 8.49. The van der Waals surface area contributed by atoms with E-state index in [0.29, 0.717) is 21.1 Å². The standard InChI is InChI=1S/C18H23N3O2S/c1-3-4-7-12(2)20-17(22)15-10-11-16(24-15)18(23)21-14-9-6-5-8-13(14)19/h5-6,8-12H,3-4,7,19H2,1-2H3,(H,20,22)(H,21,23). The molecule has 1 atom stereocenters. The summed E-state index contributed by atoms with van der Waals surface area (Å²) in [4.78, 5) is 25.5. The number of amides is 2. The van der Waals surface area contributed by atoms with Crippen molar-refractivity contribution in [1.29, 1.82) is 0 Å². The molecule has 0 spiro atoms. The summed E-state index contributed by atoms with van der Waals surface area (Å²) in [5, 5.41) is 5.72. The molecule has 1 aromatic carbocycles. The van der Waals surface area contributed by atoms with Gasteiger partial charge < -0.3 is 16.4 Å². The average Bonchev–Trinajstić information content (AvgIpc) is 3.05. The van der Waals surface area contributed by atoms with Gasteiger partial charge in [0.15, 0.2) is 0 Å². The lowest BCUT2D eigenvalue weighted by Gasteiger charge is -2.12. The monoisotopic (exact) mass is 345 g/mol. The van der Waals surface area contributed by atoms with Crippen LogP contribution in [0.5, 0.6) is 0 Å². The Morgan fingerprint density at radius 1 is 1.12 bits per heavy atom. The van der Waals surface area contributed by atoms with Gasteiger partial charge in [0.1, 0.15) is 0 Å². The number of anilines is 2. The third-order valence-electron chi connectivity index (χ3n) is 3.63. The lowest BCUT2D eigenvalue weighted by atomic mass is 10.1. The van der Waals surface area contributed by atoms with Gasteiger partial charge in [-0.3, -0.25) is 9.59 Å². The Balaban J connectivity index is 1.98. The van der Waals surface area contributed by atoms with Gasteiger partial charge in [-0.15, -0.1) is 11.3 Å². The Labute approximate surface area is 146 Å². The maximum atomic E-state index is 12.3. The molecular formula is C18H23N3O2S. The van der Waals surface area contributed by atoms with Crippen LogP contribution in [-0.4, -0.2) is 17.9 Å². The number of nitrogens with two attached hydrogens (primary N) is 1. The van der Waals surface area contributed by atoms with Crippen LogP contribution >= 0.6 is 11.3 Å². The van der Waals surface area contributed by atoms with Crippen LogP contribution in [0, 0.1) is 0 Å². The summed E-state index contributed by atoms with van der Waals surface area (Å²) >= 11 is 1.18. The van der Waals surface area contributed by atoms with E-state index in [1.165, 1.54) is 11.3 Å². The van der Waals surface area contributed by atoms with Crippen LogP contribution in [0.25, 0.3) is 0 Å². The molecule has 2 rings (SSSR count). The molecule has 0 radical (unpaired) electrons. The molecule has 0 bridgehead atoms. The molecule has 0 aliphatic carbocycles.